The van der Waals surface area contributed by atoms with Crippen molar-refractivity contribution in [1.29, 1.82) is 0 Å². The molecule has 2 aromatic rings. The molecule has 0 radical (unpaired) electrons. The molecule has 2 heterocycles. The average molecular weight is 355 g/mol. The van der Waals surface area contributed by atoms with Crippen molar-refractivity contribution < 1.29 is 18.4 Å². The van der Waals surface area contributed by atoms with Gasteiger partial charge in [-0.2, -0.15) is 0 Å². The van der Waals surface area contributed by atoms with E-state index in [1.54, 1.807) is 18.2 Å². The summed E-state index contributed by atoms with van der Waals surface area (Å²) in [5.41, 5.74) is 1.42. The first-order valence-corrected chi connectivity index (χ1v) is 8.80. The number of fused-ring (bicyclic) bond motifs is 1. The number of nitrogens with zero attached hydrogens (tertiary/aromatic N) is 2. The molecule has 3 rings (SSSR count). The van der Waals surface area contributed by atoms with Gasteiger partial charge in [0.2, 0.25) is 5.88 Å². The van der Waals surface area contributed by atoms with Crippen LogP contribution in [0.5, 0.6) is 17.4 Å². The second-order valence-electron chi connectivity index (χ2n) is 4.87. The molecule has 122 valence electrons. The lowest BCUT2D eigenvalue weighted by atomic mass is 10.2. The Hall–Kier alpha value is -1.86. The van der Waals surface area contributed by atoms with Crippen LogP contribution >= 0.6 is 11.6 Å². The van der Waals surface area contributed by atoms with Crippen LogP contribution in [0.2, 0.25) is 5.02 Å². The quantitative estimate of drug-likeness (QED) is 0.821. The molecule has 23 heavy (non-hydrogen) atoms. The zero-order chi connectivity index (χ0) is 16.2. The third kappa shape index (κ3) is 3.92. The summed E-state index contributed by atoms with van der Waals surface area (Å²) in [5, 5.41) is 0.517. The van der Waals surface area contributed by atoms with Crippen LogP contribution in [0.3, 0.4) is 0 Å². The molecule has 0 bridgehead atoms. The molecule has 1 atom stereocenters. The summed E-state index contributed by atoms with van der Waals surface area (Å²) in [6.45, 7) is 1.00. The van der Waals surface area contributed by atoms with Gasteiger partial charge in [-0.05, 0) is 11.6 Å². The lowest BCUT2D eigenvalue weighted by Gasteiger charge is -2.19. The second-order valence-corrected chi connectivity index (χ2v) is 6.73. The Kier molecular flexibility index (Phi) is 4.97. The van der Waals surface area contributed by atoms with Crippen molar-refractivity contribution in [3.05, 3.63) is 40.8 Å². The maximum atomic E-state index is 12.4. The van der Waals surface area contributed by atoms with Gasteiger partial charge >= 0.3 is 0 Å². The van der Waals surface area contributed by atoms with Gasteiger partial charge < -0.3 is 14.2 Å². The maximum Gasteiger partial charge on any atom is 0.216 e. The summed E-state index contributed by atoms with van der Waals surface area (Å²) in [6.07, 6.45) is 1.39. The van der Waals surface area contributed by atoms with Crippen LogP contribution in [0, 0.1) is 0 Å². The molecule has 0 fully saturated rings. The fourth-order valence-corrected chi connectivity index (χ4v) is 3.65. The monoisotopic (exact) mass is 354 g/mol. The normalized spacial score (nSPS) is 14.3. The number of hydrogen-bond donors (Lipinski definition) is 0. The van der Waals surface area contributed by atoms with Crippen LogP contribution in [0.25, 0.3) is 0 Å². The van der Waals surface area contributed by atoms with Crippen LogP contribution in [-0.2, 0) is 22.3 Å². The van der Waals surface area contributed by atoms with E-state index in [2.05, 4.69) is 9.97 Å². The van der Waals surface area contributed by atoms with Gasteiger partial charge in [0, 0.05) is 28.0 Å². The van der Waals surface area contributed by atoms with Crippen molar-refractivity contribution in [1.82, 2.24) is 9.97 Å². The highest BCUT2D eigenvalue weighted by atomic mass is 35.5. The fourth-order valence-electron chi connectivity index (χ4n) is 2.17. The third-order valence-corrected chi connectivity index (χ3v) is 4.85. The first kappa shape index (κ1) is 16.0. The number of hydrogen-bond acceptors (Lipinski definition) is 6. The van der Waals surface area contributed by atoms with Crippen LogP contribution < -0.4 is 14.2 Å². The minimum absolute atomic E-state index is 0.295. The van der Waals surface area contributed by atoms with E-state index in [4.69, 9.17) is 25.8 Å². The van der Waals surface area contributed by atoms with Gasteiger partial charge in [-0.15, -0.1) is 0 Å². The Morgan fingerprint density at radius 3 is 2.65 bits per heavy atom. The van der Waals surface area contributed by atoms with E-state index >= 15 is 0 Å². The highest BCUT2D eigenvalue weighted by Crippen LogP contribution is 2.35. The molecule has 1 unspecified atom stereocenters. The number of methoxy groups -OCH3 is 1. The Morgan fingerprint density at radius 1 is 1.17 bits per heavy atom. The van der Waals surface area contributed by atoms with Crippen LogP contribution in [0.15, 0.2) is 24.5 Å². The number of halogens is 1. The summed E-state index contributed by atoms with van der Waals surface area (Å²) in [5.74, 6) is 2.31. The SMILES string of the molecule is COc1cc(CS(=O)Cc2cc3c(cc2Cl)OCCO3)ncn1. The largest absolute Gasteiger partial charge is 0.486 e. The van der Waals surface area contributed by atoms with Crippen LogP contribution in [0.1, 0.15) is 11.3 Å². The van der Waals surface area contributed by atoms with E-state index in [9.17, 15) is 4.21 Å². The van der Waals surface area contributed by atoms with Gasteiger partial charge in [-0.25, -0.2) is 9.97 Å². The van der Waals surface area contributed by atoms with Gasteiger partial charge in [0.25, 0.3) is 0 Å². The number of ether oxygens (including phenoxy) is 3. The average Bonchev–Trinajstić information content (AvgIpc) is 2.55. The summed E-state index contributed by atoms with van der Waals surface area (Å²) < 4.78 is 28.4. The van der Waals surface area contributed by atoms with E-state index in [-0.39, 0.29) is 0 Å². The highest BCUT2D eigenvalue weighted by molar-refractivity contribution is 7.83. The molecule has 0 saturated carbocycles. The van der Waals surface area contributed by atoms with E-state index in [1.165, 1.54) is 13.4 Å². The van der Waals surface area contributed by atoms with Gasteiger partial charge in [-0.3, -0.25) is 4.21 Å². The van der Waals surface area contributed by atoms with Crippen molar-refractivity contribution in [3.8, 4) is 17.4 Å². The van der Waals surface area contributed by atoms with Crippen LogP contribution in [-0.4, -0.2) is 34.5 Å². The predicted octanol–water partition coefficient (Wildman–Crippen LogP) is 2.36. The molecule has 0 spiro atoms. The molecule has 0 aliphatic carbocycles. The zero-order valence-electron chi connectivity index (χ0n) is 12.5. The molecular formula is C15H15ClN2O4S. The topological polar surface area (TPSA) is 70.5 Å². The van der Waals surface area contributed by atoms with Crippen molar-refractivity contribution >= 4 is 22.4 Å². The summed E-state index contributed by atoms with van der Waals surface area (Å²) >= 11 is 6.24. The molecule has 0 amide bonds. The standard InChI is InChI=1S/C15H15ClN2O4S/c1-20-15-5-11(17-9-18-15)8-23(19)7-10-4-13-14(6-12(10)16)22-3-2-21-13/h4-6,9H,2-3,7-8H2,1H3. The number of rotatable bonds is 5. The van der Waals surface area contributed by atoms with E-state index < -0.39 is 10.8 Å². The predicted molar refractivity (Wildman–Crippen MR) is 86.6 cm³/mol. The number of benzene rings is 1. The molecule has 1 aromatic carbocycles. The van der Waals surface area contributed by atoms with Gasteiger partial charge in [0.1, 0.15) is 19.5 Å². The molecule has 8 heteroatoms. The van der Waals surface area contributed by atoms with Gasteiger partial charge in [-0.1, -0.05) is 11.6 Å². The van der Waals surface area contributed by atoms with Crippen LogP contribution in [0.4, 0.5) is 0 Å². The van der Waals surface area contributed by atoms with Crippen molar-refractivity contribution in [2.24, 2.45) is 0 Å². The minimum atomic E-state index is -1.17. The first-order chi connectivity index (χ1) is 11.2. The van der Waals surface area contributed by atoms with Gasteiger partial charge in [0.05, 0.1) is 24.3 Å². The molecule has 1 aliphatic heterocycles. The summed E-state index contributed by atoms with van der Waals surface area (Å²) in [6, 6.07) is 5.16. The highest BCUT2D eigenvalue weighted by Gasteiger charge is 2.16. The lowest BCUT2D eigenvalue weighted by molar-refractivity contribution is 0.171. The molecule has 1 aromatic heterocycles. The van der Waals surface area contributed by atoms with E-state index in [0.29, 0.717) is 52.8 Å². The van der Waals surface area contributed by atoms with E-state index in [1.807, 2.05) is 0 Å². The fraction of sp³-hybridized carbons (Fsp3) is 0.333. The maximum absolute atomic E-state index is 12.4. The molecular weight excluding hydrogens is 340 g/mol. The Morgan fingerprint density at radius 2 is 1.91 bits per heavy atom. The molecule has 0 N–H and O–H groups in total. The molecule has 1 aliphatic rings. The first-order valence-electron chi connectivity index (χ1n) is 6.93. The van der Waals surface area contributed by atoms with Crippen molar-refractivity contribution in [2.75, 3.05) is 20.3 Å². The Labute approximate surface area is 141 Å². The Balaban J connectivity index is 1.72. The summed E-state index contributed by atoms with van der Waals surface area (Å²) in [7, 11) is 0.356. The second kappa shape index (κ2) is 7.14. The number of aromatic nitrogens is 2. The third-order valence-electron chi connectivity index (χ3n) is 3.24. The molecule has 0 saturated heterocycles. The minimum Gasteiger partial charge on any atom is -0.486 e. The zero-order valence-corrected chi connectivity index (χ0v) is 14.0. The molecule has 6 nitrogen and oxygen atoms in total. The van der Waals surface area contributed by atoms with Crippen molar-refractivity contribution in [2.45, 2.75) is 11.5 Å². The van der Waals surface area contributed by atoms with E-state index in [0.717, 1.165) is 5.56 Å². The van der Waals surface area contributed by atoms with Crippen molar-refractivity contribution in [3.63, 3.8) is 0 Å². The smallest absolute Gasteiger partial charge is 0.216 e. The summed E-state index contributed by atoms with van der Waals surface area (Å²) in [4.78, 5) is 8.03. The Bertz CT molecular complexity index is 741. The lowest BCUT2D eigenvalue weighted by Crippen LogP contribution is -2.15. The van der Waals surface area contributed by atoms with Gasteiger partial charge in [0.15, 0.2) is 11.5 Å².